The second-order valence-corrected chi connectivity index (χ2v) is 4.12. The summed E-state index contributed by atoms with van der Waals surface area (Å²) in [6.07, 6.45) is 0. The van der Waals surface area contributed by atoms with Crippen molar-refractivity contribution in [3.8, 4) is 6.07 Å². The van der Waals surface area contributed by atoms with Gasteiger partial charge in [-0.15, -0.1) is 11.3 Å². The molecule has 0 spiro atoms. The van der Waals surface area contributed by atoms with Crippen LogP contribution in [0, 0.1) is 16.7 Å². The molecule has 0 aliphatic heterocycles. The molecule has 0 saturated carbocycles. The number of hydrogen-bond donors (Lipinski definition) is 1. The fourth-order valence-electron chi connectivity index (χ4n) is 0.669. The van der Waals surface area contributed by atoms with Gasteiger partial charge in [0.15, 0.2) is 0 Å². The number of hydrogen-bond acceptors (Lipinski definition) is 3. The minimum absolute atomic E-state index is 0.266. The fourth-order valence-corrected chi connectivity index (χ4v) is 1.28. The van der Waals surface area contributed by atoms with Crippen molar-refractivity contribution in [3.05, 3.63) is 17.5 Å². The summed E-state index contributed by atoms with van der Waals surface area (Å²) >= 11 is 1.44. The lowest BCUT2D eigenvalue weighted by Gasteiger charge is -2.13. The first kappa shape index (κ1) is 9.75. The topological polar surface area (TPSA) is 52.9 Å². The summed E-state index contributed by atoms with van der Waals surface area (Å²) in [6, 6.07) is 5.59. The molecule has 68 valence electrons. The van der Waals surface area contributed by atoms with Crippen LogP contribution < -0.4 is 5.32 Å². The third-order valence-electron chi connectivity index (χ3n) is 1.61. The van der Waals surface area contributed by atoms with Gasteiger partial charge in [-0.3, -0.25) is 4.79 Å². The largest absolute Gasteiger partial charge is 0.316 e. The molecule has 13 heavy (non-hydrogen) atoms. The molecule has 4 heteroatoms. The second kappa shape index (κ2) is 3.58. The summed E-state index contributed by atoms with van der Waals surface area (Å²) < 4.78 is 0. The van der Waals surface area contributed by atoms with E-state index >= 15 is 0 Å². The van der Waals surface area contributed by atoms with Gasteiger partial charge in [-0.2, -0.15) is 5.26 Å². The van der Waals surface area contributed by atoms with E-state index in [1.54, 1.807) is 19.9 Å². The molecule has 0 aliphatic carbocycles. The third kappa shape index (κ3) is 2.30. The minimum atomic E-state index is -0.968. The molecule has 1 N–H and O–H groups in total. The summed E-state index contributed by atoms with van der Waals surface area (Å²) in [5.74, 6) is -0.266. The van der Waals surface area contributed by atoms with Crippen LogP contribution in [-0.2, 0) is 4.79 Å². The third-order valence-corrected chi connectivity index (χ3v) is 2.39. The van der Waals surface area contributed by atoms with Crippen LogP contribution in [0.4, 0.5) is 5.00 Å². The first-order valence-corrected chi connectivity index (χ1v) is 4.70. The van der Waals surface area contributed by atoms with Gasteiger partial charge in [0, 0.05) is 0 Å². The Hall–Kier alpha value is -1.34. The Balaban J connectivity index is 2.68. The maximum atomic E-state index is 11.4. The van der Waals surface area contributed by atoms with E-state index in [-0.39, 0.29) is 5.91 Å². The summed E-state index contributed by atoms with van der Waals surface area (Å²) in [6.45, 7) is 3.19. The standard InChI is InChI=1S/C9H10N2OS/c1-9(2,6-10)8(12)11-7-4-3-5-13-7/h3-5H,1-2H3,(H,11,12). The number of thiophene rings is 1. The Bertz CT molecular complexity index is 335. The van der Waals surface area contributed by atoms with Gasteiger partial charge in [-0.1, -0.05) is 0 Å². The van der Waals surface area contributed by atoms with Crippen LogP contribution in [0.25, 0.3) is 0 Å². The molecular formula is C9H10N2OS. The van der Waals surface area contributed by atoms with Crippen LogP contribution >= 0.6 is 11.3 Å². The zero-order valence-electron chi connectivity index (χ0n) is 7.50. The molecule has 0 fully saturated rings. The number of anilines is 1. The number of nitrogens with zero attached hydrogens (tertiary/aromatic N) is 1. The first-order chi connectivity index (χ1) is 6.06. The summed E-state index contributed by atoms with van der Waals surface area (Å²) in [4.78, 5) is 11.4. The average molecular weight is 194 g/mol. The monoisotopic (exact) mass is 194 g/mol. The highest BCUT2D eigenvalue weighted by Crippen LogP contribution is 2.20. The molecule has 0 unspecified atom stereocenters. The van der Waals surface area contributed by atoms with Crippen molar-refractivity contribution in [1.82, 2.24) is 0 Å². The Morgan fingerprint density at radius 2 is 2.38 bits per heavy atom. The normalized spacial score (nSPS) is 10.5. The maximum absolute atomic E-state index is 11.4. The molecular weight excluding hydrogens is 184 g/mol. The number of carbonyl (C=O) groups excluding carboxylic acids is 1. The molecule has 1 aromatic rings. The van der Waals surface area contributed by atoms with E-state index in [0.29, 0.717) is 0 Å². The van der Waals surface area contributed by atoms with Crippen molar-refractivity contribution in [2.24, 2.45) is 5.41 Å². The molecule has 1 amide bonds. The van der Waals surface area contributed by atoms with Crippen LogP contribution in [-0.4, -0.2) is 5.91 Å². The van der Waals surface area contributed by atoms with Gasteiger partial charge in [-0.05, 0) is 31.4 Å². The Morgan fingerprint density at radius 3 is 2.85 bits per heavy atom. The van der Waals surface area contributed by atoms with Crippen LogP contribution in [0.2, 0.25) is 0 Å². The highest BCUT2D eigenvalue weighted by Gasteiger charge is 2.27. The summed E-state index contributed by atoms with van der Waals surface area (Å²) in [5.41, 5.74) is -0.968. The molecule has 3 nitrogen and oxygen atoms in total. The number of nitriles is 1. The van der Waals surface area contributed by atoms with Crippen molar-refractivity contribution in [3.63, 3.8) is 0 Å². The summed E-state index contributed by atoms with van der Waals surface area (Å²) in [7, 11) is 0. The molecule has 1 aromatic heterocycles. The van der Waals surface area contributed by atoms with Crippen LogP contribution in [0.15, 0.2) is 17.5 Å². The van der Waals surface area contributed by atoms with Crippen LogP contribution in [0.5, 0.6) is 0 Å². The van der Waals surface area contributed by atoms with Gasteiger partial charge in [0.25, 0.3) is 0 Å². The highest BCUT2D eigenvalue weighted by molar-refractivity contribution is 7.14. The molecule has 0 radical (unpaired) electrons. The van der Waals surface area contributed by atoms with E-state index < -0.39 is 5.41 Å². The molecule has 0 aliphatic rings. The second-order valence-electron chi connectivity index (χ2n) is 3.17. The zero-order chi connectivity index (χ0) is 9.90. The smallest absolute Gasteiger partial charge is 0.244 e. The first-order valence-electron chi connectivity index (χ1n) is 3.82. The quantitative estimate of drug-likeness (QED) is 0.784. The molecule has 0 bridgehead atoms. The molecule has 0 aromatic carbocycles. The molecule has 0 atom stereocenters. The number of rotatable bonds is 2. The van der Waals surface area contributed by atoms with Gasteiger partial charge in [0.2, 0.25) is 5.91 Å². The number of nitrogens with one attached hydrogen (secondary N) is 1. The van der Waals surface area contributed by atoms with Crippen LogP contribution in [0.3, 0.4) is 0 Å². The number of carbonyl (C=O) groups is 1. The predicted molar refractivity (Wildman–Crippen MR) is 52.3 cm³/mol. The van der Waals surface area contributed by atoms with E-state index in [0.717, 1.165) is 5.00 Å². The lowest BCUT2D eigenvalue weighted by atomic mass is 9.95. The van der Waals surface area contributed by atoms with Gasteiger partial charge in [-0.25, -0.2) is 0 Å². The minimum Gasteiger partial charge on any atom is -0.316 e. The van der Waals surface area contributed by atoms with Gasteiger partial charge in [0.1, 0.15) is 5.41 Å². The van der Waals surface area contributed by atoms with E-state index in [4.69, 9.17) is 5.26 Å². The van der Waals surface area contributed by atoms with Crippen LogP contribution in [0.1, 0.15) is 13.8 Å². The van der Waals surface area contributed by atoms with Crippen molar-refractivity contribution in [2.45, 2.75) is 13.8 Å². The molecule has 1 heterocycles. The Morgan fingerprint density at radius 1 is 1.69 bits per heavy atom. The lowest BCUT2D eigenvalue weighted by molar-refractivity contribution is -0.121. The lowest BCUT2D eigenvalue weighted by Crippen LogP contribution is -2.28. The molecule has 0 saturated heterocycles. The van der Waals surface area contributed by atoms with Crippen molar-refractivity contribution in [2.75, 3.05) is 5.32 Å². The van der Waals surface area contributed by atoms with Crippen molar-refractivity contribution in [1.29, 1.82) is 5.26 Å². The van der Waals surface area contributed by atoms with E-state index in [2.05, 4.69) is 5.32 Å². The Labute approximate surface area is 81.0 Å². The van der Waals surface area contributed by atoms with Crippen molar-refractivity contribution >= 4 is 22.2 Å². The van der Waals surface area contributed by atoms with Gasteiger partial charge < -0.3 is 5.32 Å². The van der Waals surface area contributed by atoms with Gasteiger partial charge in [0.05, 0.1) is 11.1 Å². The fraction of sp³-hybridized carbons (Fsp3) is 0.333. The highest BCUT2D eigenvalue weighted by atomic mass is 32.1. The maximum Gasteiger partial charge on any atom is 0.244 e. The SMILES string of the molecule is CC(C)(C#N)C(=O)Nc1cccs1. The van der Waals surface area contributed by atoms with E-state index in [1.165, 1.54) is 11.3 Å². The number of amides is 1. The van der Waals surface area contributed by atoms with Gasteiger partial charge >= 0.3 is 0 Å². The van der Waals surface area contributed by atoms with Crippen molar-refractivity contribution < 1.29 is 4.79 Å². The zero-order valence-corrected chi connectivity index (χ0v) is 8.31. The molecule has 1 rings (SSSR count). The predicted octanol–water partition coefficient (Wildman–Crippen LogP) is 2.24. The summed E-state index contributed by atoms with van der Waals surface area (Å²) in [5, 5.41) is 14.0. The average Bonchev–Trinajstić information content (AvgIpc) is 2.57. The van der Waals surface area contributed by atoms with E-state index in [9.17, 15) is 4.79 Å². The van der Waals surface area contributed by atoms with E-state index in [1.807, 2.05) is 17.5 Å². The Kier molecular flexibility index (Phi) is 2.69.